The zero-order chi connectivity index (χ0) is 11.4. The molecule has 1 heterocycles. The zero-order valence-corrected chi connectivity index (χ0v) is 9.49. The molecule has 0 bridgehead atoms. The molecule has 0 saturated heterocycles. The summed E-state index contributed by atoms with van der Waals surface area (Å²) in [5.74, 6) is -0.0657. The first-order valence-corrected chi connectivity index (χ1v) is 5.74. The molecule has 1 aliphatic rings. The number of anilines is 1. The molecule has 0 radical (unpaired) electrons. The summed E-state index contributed by atoms with van der Waals surface area (Å²) in [6, 6.07) is 3.95. The molecule has 86 valence electrons. The van der Waals surface area contributed by atoms with E-state index in [1.54, 1.807) is 12.3 Å². The minimum Gasteiger partial charge on any atom is -0.388 e. The first-order valence-electron chi connectivity index (χ1n) is 5.74. The SMILES string of the molecule is CNc1ccnc(C(=O)NC2CCCC2)c1. The van der Waals surface area contributed by atoms with Gasteiger partial charge in [-0.2, -0.15) is 0 Å². The Balaban J connectivity index is 2.01. The summed E-state index contributed by atoms with van der Waals surface area (Å²) in [5.41, 5.74) is 1.39. The van der Waals surface area contributed by atoms with Crippen LogP contribution in [0.1, 0.15) is 36.2 Å². The minimum absolute atomic E-state index is 0.0657. The predicted octanol–water partition coefficient (Wildman–Crippen LogP) is 1.80. The van der Waals surface area contributed by atoms with E-state index in [9.17, 15) is 4.79 Å². The maximum absolute atomic E-state index is 11.9. The average molecular weight is 219 g/mol. The topological polar surface area (TPSA) is 54.0 Å². The molecule has 1 amide bonds. The van der Waals surface area contributed by atoms with Crippen molar-refractivity contribution < 1.29 is 4.79 Å². The summed E-state index contributed by atoms with van der Waals surface area (Å²) >= 11 is 0. The van der Waals surface area contributed by atoms with E-state index in [-0.39, 0.29) is 5.91 Å². The fourth-order valence-electron chi connectivity index (χ4n) is 2.04. The Labute approximate surface area is 95.5 Å². The number of nitrogens with one attached hydrogen (secondary N) is 2. The number of rotatable bonds is 3. The highest BCUT2D eigenvalue weighted by Gasteiger charge is 2.18. The van der Waals surface area contributed by atoms with Crippen LogP contribution in [0.2, 0.25) is 0 Å². The molecule has 1 aromatic rings. The van der Waals surface area contributed by atoms with Crippen molar-refractivity contribution in [2.24, 2.45) is 0 Å². The second-order valence-corrected chi connectivity index (χ2v) is 4.13. The van der Waals surface area contributed by atoms with Gasteiger partial charge in [-0.3, -0.25) is 9.78 Å². The molecule has 4 nitrogen and oxygen atoms in total. The molecule has 2 rings (SSSR count). The summed E-state index contributed by atoms with van der Waals surface area (Å²) < 4.78 is 0. The van der Waals surface area contributed by atoms with Crippen LogP contribution in [0.4, 0.5) is 5.69 Å². The van der Waals surface area contributed by atoms with E-state index in [0.717, 1.165) is 18.5 Å². The maximum atomic E-state index is 11.9. The van der Waals surface area contributed by atoms with Crippen LogP contribution in [-0.4, -0.2) is 24.0 Å². The van der Waals surface area contributed by atoms with E-state index >= 15 is 0 Å². The van der Waals surface area contributed by atoms with E-state index in [1.165, 1.54) is 12.8 Å². The fourth-order valence-corrected chi connectivity index (χ4v) is 2.04. The zero-order valence-electron chi connectivity index (χ0n) is 9.49. The molecule has 1 aromatic heterocycles. The van der Waals surface area contributed by atoms with E-state index in [4.69, 9.17) is 0 Å². The molecule has 16 heavy (non-hydrogen) atoms. The fraction of sp³-hybridized carbons (Fsp3) is 0.500. The van der Waals surface area contributed by atoms with Crippen LogP contribution in [-0.2, 0) is 0 Å². The van der Waals surface area contributed by atoms with Crippen molar-refractivity contribution in [1.82, 2.24) is 10.3 Å². The van der Waals surface area contributed by atoms with Gasteiger partial charge in [-0.25, -0.2) is 0 Å². The van der Waals surface area contributed by atoms with Crippen LogP contribution in [0.3, 0.4) is 0 Å². The Morgan fingerprint density at radius 1 is 1.44 bits per heavy atom. The molecule has 2 N–H and O–H groups in total. The second-order valence-electron chi connectivity index (χ2n) is 4.13. The summed E-state index contributed by atoms with van der Waals surface area (Å²) in [6.07, 6.45) is 6.27. The third kappa shape index (κ3) is 2.51. The molecule has 0 unspecified atom stereocenters. The monoisotopic (exact) mass is 219 g/mol. The highest BCUT2D eigenvalue weighted by Crippen LogP contribution is 2.18. The lowest BCUT2D eigenvalue weighted by Crippen LogP contribution is -2.33. The van der Waals surface area contributed by atoms with E-state index in [0.29, 0.717) is 11.7 Å². The van der Waals surface area contributed by atoms with Gasteiger partial charge in [0.2, 0.25) is 0 Å². The van der Waals surface area contributed by atoms with Gasteiger partial charge in [0.15, 0.2) is 0 Å². The molecule has 4 heteroatoms. The van der Waals surface area contributed by atoms with Crippen molar-refractivity contribution in [3.8, 4) is 0 Å². The van der Waals surface area contributed by atoms with E-state index in [1.807, 2.05) is 13.1 Å². The highest BCUT2D eigenvalue weighted by molar-refractivity contribution is 5.93. The maximum Gasteiger partial charge on any atom is 0.270 e. The molecule has 0 aliphatic heterocycles. The lowest BCUT2D eigenvalue weighted by Gasteiger charge is -2.11. The van der Waals surface area contributed by atoms with Crippen molar-refractivity contribution >= 4 is 11.6 Å². The van der Waals surface area contributed by atoms with Crippen molar-refractivity contribution in [2.45, 2.75) is 31.7 Å². The molecule has 0 aromatic carbocycles. The lowest BCUT2D eigenvalue weighted by molar-refractivity contribution is 0.0933. The predicted molar refractivity (Wildman–Crippen MR) is 63.5 cm³/mol. The number of hydrogen-bond acceptors (Lipinski definition) is 3. The quantitative estimate of drug-likeness (QED) is 0.815. The number of carbonyl (C=O) groups excluding carboxylic acids is 1. The first kappa shape index (κ1) is 10.9. The van der Waals surface area contributed by atoms with Crippen LogP contribution >= 0.6 is 0 Å². The number of aromatic nitrogens is 1. The number of pyridine rings is 1. The van der Waals surface area contributed by atoms with Crippen molar-refractivity contribution in [2.75, 3.05) is 12.4 Å². The Morgan fingerprint density at radius 2 is 2.19 bits per heavy atom. The van der Waals surface area contributed by atoms with Crippen LogP contribution in [0.5, 0.6) is 0 Å². The normalized spacial score (nSPS) is 16.1. The van der Waals surface area contributed by atoms with Gasteiger partial charge in [0, 0.05) is 25.0 Å². The summed E-state index contributed by atoms with van der Waals surface area (Å²) in [6.45, 7) is 0. The molecule has 1 fully saturated rings. The van der Waals surface area contributed by atoms with Gasteiger partial charge < -0.3 is 10.6 Å². The highest BCUT2D eigenvalue weighted by atomic mass is 16.1. The van der Waals surface area contributed by atoms with E-state index in [2.05, 4.69) is 15.6 Å². The first-order chi connectivity index (χ1) is 7.79. The molecular formula is C12H17N3O. The van der Waals surface area contributed by atoms with Crippen LogP contribution < -0.4 is 10.6 Å². The van der Waals surface area contributed by atoms with Gasteiger partial charge in [0.25, 0.3) is 5.91 Å². The van der Waals surface area contributed by atoms with Gasteiger partial charge in [-0.15, -0.1) is 0 Å². The summed E-state index contributed by atoms with van der Waals surface area (Å²) in [4.78, 5) is 15.9. The lowest BCUT2D eigenvalue weighted by atomic mass is 10.2. The number of carbonyl (C=O) groups is 1. The Morgan fingerprint density at radius 3 is 2.88 bits per heavy atom. The molecule has 0 atom stereocenters. The van der Waals surface area contributed by atoms with Crippen LogP contribution in [0, 0.1) is 0 Å². The third-order valence-corrected chi connectivity index (χ3v) is 2.97. The largest absolute Gasteiger partial charge is 0.388 e. The molecule has 1 saturated carbocycles. The van der Waals surface area contributed by atoms with Gasteiger partial charge in [0.05, 0.1) is 0 Å². The van der Waals surface area contributed by atoms with Gasteiger partial charge >= 0.3 is 0 Å². The molecular weight excluding hydrogens is 202 g/mol. The van der Waals surface area contributed by atoms with E-state index < -0.39 is 0 Å². The van der Waals surface area contributed by atoms with Gasteiger partial charge in [-0.1, -0.05) is 12.8 Å². The van der Waals surface area contributed by atoms with Crippen LogP contribution in [0.25, 0.3) is 0 Å². The standard InChI is InChI=1S/C12H17N3O/c1-13-10-6-7-14-11(8-10)12(16)15-9-4-2-3-5-9/h6-9H,2-5H2,1H3,(H,13,14)(H,15,16). The minimum atomic E-state index is -0.0657. The van der Waals surface area contributed by atoms with Crippen LogP contribution in [0.15, 0.2) is 18.3 Å². The van der Waals surface area contributed by atoms with Crippen molar-refractivity contribution in [1.29, 1.82) is 0 Å². The van der Waals surface area contributed by atoms with Crippen molar-refractivity contribution in [3.63, 3.8) is 0 Å². The van der Waals surface area contributed by atoms with Gasteiger partial charge in [0.1, 0.15) is 5.69 Å². The molecule has 0 spiro atoms. The number of amides is 1. The number of hydrogen-bond donors (Lipinski definition) is 2. The molecule has 1 aliphatic carbocycles. The van der Waals surface area contributed by atoms with Gasteiger partial charge in [-0.05, 0) is 25.0 Å². The Bertz CT molecular complexity index is 372. The smallest absolute Gasteiger partial charge is 0.270 e. The summed E-state index contributed by atoms with van der Waals surface area (Å²) in [7, 11) is 1.83. The second kappa shape index (κ2) is 4.96. The number of nitrogens with zero attached hydrogens (tertiary/aromatic N) is 1. The summed E-state index contributed by atoms with van der Waals surface area (Å²) in [5, 5.41) is 6.01. The Kier molecular flexibility index (Phi) is 3.39. The average Bonchev–Trinajstić information content (AvgIpc) is 2.82. The van der Waals surface area contributed by atoms with Crippen molar-refractivity contribution in [3.05, 3.63) is 24.0 Å². The third-order valence-electron chi connectivity index (χ3n) is 2.97. The Hall–Kier alpha value is -1.58.